The van der Waals surface area contributed by atoms with E-state index in [9.17, 15) is 0 Å². The summed E-state index contributed by atoms with van der Waals surface area (Å²) in [5.74, 6) is 0. The first-order valence-electron chi connectivity index (χ1n) is 12.3. The van der Waals surface area contributed by atoms with Gasteiger partial charge in [-0.1, -0.05) is 133 Å². The number of hydrogen-bond donors (Lipinski definition) is 0. The zero-order valence-electron chi connectivity index (χ0n) is 21.8. The van der Waals surface area contributed by atoms with Crippen LogP contribution in [0.2, 0.25) is 0 Å². The number of para-hydroxylation sites is 1. The summed E-state index contributed by atoms with van der Waals surface area (Å²) < 4.78 is 1.95. The van der Waals surface area contributed by atoms with Crippen LogP contribution in [0.3, 0.4) is 0 Å². The van der Waals surface area contributed by atoms with Crippen LogP contribution >= 0.6 is 0 Å². The van der Waals surface area contributed by atoms with Gasteiger partial charge in [0.2, 0.25) is 0 Å². The first kappa shape index (κ1) is 24.5. The Morgan fingerprint density at radius 1 is 0.571 bits per heavy atom. The smallest absolute Gasteiger partial charge is 0.0790 e. The van der Waals surface area contributed by atoms with E-state index < -0.39 is 0 Å². The molecule has 3 aromatic carbocycles. The predicted molar refractivity (Wildman–Crippen MR) is 152 cm³/mol. The molecule has 4 aromatic rings. The molecule has 0 aliphatic carbocycles. The number of nitrogens with zero attached hydrogens (tertiary/aromatic N) is 2. The largest absolute Gasteiger partial charge is 0.240 e. The minimum atomic E-state index is 0.156. The van der Waals surface area contributed by atoms with Crippen LogP contribution in [0.15, 0.2) is 85.2 Å². The summed E-state index contributed by atoms with van der Waals surface area (Å²) in [6.07, 6.45) is 12.5. The maximum absolute atomic E-state index is 4.54. The maximum Gasteiger partial charge on any atom is 0.0790 e. The second-order valence-electron chi connectivity index (χ2n) is 11.1. The molecule has 178 valence electrons. The van der Waals surface area contributed by atoms with E-state index >= 15 is 0 Å². The Hall–Kier alpha value is -3.65. The summed E-state index contributed by atoms with van der Waals surface area (Å²) in [6, 6.07) is 26.0. The zero-order valence-corrected chi connectivity index (χ0v) is 21.8. The number of hydrogen-bond acceptors (Lipinski definition) is 1. The van der Waals surface area contributed by atoms with Gasteiger partial charge in [0.1, 0.15) is 0 Å². The van der Waals surface area contributed by atoms with Crippen LogP contribution in [0.5, 0.6) is 0 Å². The number of rotatable bonds is 5. The van der Waals surface area contributed by atoms with E-state index in [4.69, 9.17) is 0 Å². The molecule has 4 rings (SSSR count). The molecule has 2 nitrogen and oxygen atoms in total. The van der Waals surface area contributed by atoms with Crippen LogP contribution in [-0.4, -0.2) is 9.78 Å². The molecule has 0 atom stereocenters. The van der Waals surface area contributed by atoms with Crippen molar-refractivity contribution >= 4 is 24.3 Å². The maximum atomic E-state index is 4.54. The van der Waals surface area contributed by atoms with E-state index in [0.29, 0.717) is 0 Å². The first-order valence-corrected chi connectivity index (χ1v) is 12.3. The predicted octanol–water partition coefficient (Wildman–Crippen LogP) is 8.81. The van der Waals surface area contributed by atoms with Gasteiger partial charge in [-0.2, -0.15) is 5.10 Å². The van der Waals surface area contributed by atoms with Crippen molar-refractivity contribution in [2.45, 2.75) is 52.4 Å². The molecule has 35 heavy (non-hydrogen) atoms. The normalized spacial score (nSPS) is 12.6. The molecule has 0 bridgehead atoms. The van der Waals surface area contributed by atoms with Gasteiger partial charge >= 0.3 is 0 Å². The van der Waals surface area contributed by atoms with Crippen molar-refractivity contribution in [3.05, 3.63) is 119 Å². The first-order chi connectivity index (χ1) is 16.6. The Balaban J connectivity index is 1.66. The Kier molecular flexibility index (Phi) is 6.93. The minimum absolute atomic E-state index is 0.156. The van der Waals surface area contributed by atoms with Crippen molar-refractivity contribution in [1.29, 1.82) is 0 Å². The fourth-order valence-electron chi connectivity index (χ4n) is 4.08. The van der Waals surface area contributed by atoms with Crippen LogP contribution in [-0.2, 0) is 10.8 Å². The molecular formula is C33H36N2. The third-order valence-corrected chi connectivity index (χ3v) is 6.30. The molecule has 0 radical (unpaired) electrons. The summed E-state index contributed by atoms with van der Waals surface area (Å²) in [7, 11) is 0. The third-order valence-electron chi connectivity index (χ3n) is 6.30. The van der Waals surface area contributed by atoms with Gasteiger partial charge in [-0.05, 0) is 39.2 Å². The number of benzene rings is 3. The van der Waals surface area contributed by atoms with Crippen molar-refractivity contribution in [2.75, 3.05) is 0 Å². The molecular weight excluding hydrogens is 424 g/mol. The van der Waals surface area contributed by atoms with E-state index in [0.717, 1.165) is 16.8 Å². The van der Waals surface area contributed by atoms with Crippen molar-refractivity contribution in [3.8, 4) is 5.69 Å². The van der Waals surface area contributed by atoms with Gasteiger partial charge in [-0.25, -0.2) is 4.68 Å². The van der Waals surface area contributed by atoms with Gasteiger partial charge < -0.3 is 0 Å². The highest BCUT2D eigenvalue weighted by Gasteiger charge is 2.13. The van der Waals surface area contributed by atoms with E-state index in [1.54, 1.807) is 0 Å². The van der Waals surface area contributed by atoms with Crippen LogP contribution in [0, 0.1) is 0 Å². The summed E-state index contributed by atoms with van der Waals surface area (Å²) in [5, 5.41) is 4.54. The Bertz CT molecular complexity index is 1220. The quantitative estimate of drug-likeness (QED) is 0.272. The molecule has 2 heteroatoms. The van der Waals surface area contributed by atoms with E-state index in [2.05, 4.69) is 138 Å². The Labute approximate surface area is 210 Å². The molecule has 1 heterocycles. The average Bonchev–Trinajstić information content (AvgIpc) is 3.35. The summed E-state index contributed by atoms with van der Waals surface area (Å²) in [6.45, 7) is 13.5. The van der Waals surface area contributed by atoms with Gasteiger partial charge in [-0.15, -0.1) is 0 Å². The average molecular weight is 461 g/mol. The molecule has 0 fully saturated rings. The fourth-order valence-corrected chi connectivity index (χ4v) is 4.08. The molecule has 0 saturated carbocycles. The van der Waals surface area contributed by atoms with Crippen LogP contribution in [0.4, 0.5) is 0 Å². The van der Waals surface area contributed by atoms with Crippen LogP contribution < -0.4 is 0 Å². The van der Waals surface area contributed by atoms with Crippen molar-refractivity contribution < 1.29 is 0 Å². The van der Waals surface area contributed by atoms with Crippen molar-refractivity contribution in [3.63, 3.8) is 0 Å². The molecule has 0 aliphatic rings. The highest BCUT2D eigenvalue weighted by Crippen LogP contribution is 2.26. The second kappa shape index (κ2) is 9.92. The molecule has 1 aromatic heterocycles. The van der Waals surface area contributed by atoms with Gasteiger partial charge in [-0.3, -0.25) is 0 Å². The van der Waals surface area contributed by atoms with Crippen molar-refractivity contribution in [1.82, 2.24) is 9.78 Å². The van der Waals surface area contributed by atoms with E-state index in [-0.39, 0.29) is 10.8 Å². The molecule has 0 spiro atoms. The van der Waals surface area contributed by atoms with Gasteiger partial charge in [0, 0.05) is 23.5 Å². The SMILES string of the molecule is CC(C)(C)c1ccc(/C=C/c2cccc(/C=C/c3ccc(C(C)(C)C)cc3)c2-n2cccn2)cc1. The van der Waals surface area contributed by atoms with Crippen molar-refractivity contribution in [2.24, 2.45) is 0 Å². The Morgan fingerprint density at radius 2 is 1.03 bits per heavy atom. The van der Waals surface area contributed by atoms with E-state index in [1.165, 1.54) is 22.3 Å². The lowest BCUT2D eigenvalue weighted by atomic mass is 9.86. The third kappa shape index (κ3) is 6.08. The Morgan fingerprint density at radius 3 is 1.40 bits per heavy atom. The number of aromatic nitrogens is 2. The molecule has 0 saturated heterocycles. The fraction of sp³-hybridized carbons (Fsp3) is 0.242. The standard InChI is InChI=1S/C33H36N2/c1-32(2,3)29-19-13-25(14-20-29)11-17-27-9-7-10-28(31(27)35-24-8-23-34-35)18-12-26-15-21-30(22-16-26)33(4,5)6/h7-24H,1-6H3/b17-11+,18-12+. The molecule has 0 amide bonds. The minimum Gasteiger partial charge on any atom is -0.240 e. The van der Waals surface area contributed by atoms with E-state index in [1.807, 2.05) is 23.1 Å². The van der Waals surface area contributed by atoms with Gasteiger partial charge in [0.15, 0.2) is 0 Å². The van der Waals surface area contributed by atoms with Crippen LogP contribution in [0.1, 0.15) is 74.9 Å². The summed E-state index contributed by atoms with van der Waals surface area (Å²) in [4.78, 5) is 0. The summed E-state index contributed by atoms with van der Waals surface area (Å²) >= 11 is 0. The monoisotopic (exact) mass is 460 g/mol. The van der Waals surface area contributed by atoms with Gasteiger partial charge in [0.25, 0.3) is 0 Å². The lowest BCUT2D eigenvalue weighted by Crippen LogP contribution is -2.10. The zero-order chi connectivity index (χ0) is 25.1. The topological polar surface area (TPSA) is 17.8 Å². The molecule has 0 aliphatic heterocycles. The van der Waals surface area contributed by atoms with Crippen LogP contribution in [0.25, 0.3) is 30.0 Å². The molecule has 0 N–H and O–H groups in total. The lowest BCUT2D eigenvalue weighted by Gasteiger charge is -2.18. The molecule has 0 unspecified atom stereocenters. The second-order valence-corrected chi connectivity index (χ2v) is 11.1. The van der Waals surface area contributed by atoms with Gasteiger partial charge in [0.05, 0.1) is 5.69 Å². The summed E-state index contributed by atoms with van der Waals surface area (Å²) in [5.41, 5.74) is 8.69. The highest BCUT2D eigenvalue weighted by atomic mass is 15.3. The lowest BCUT2D eigenvalue weighted by molar-refractivity contribution is 0.590. The highest BCUT2D eigenvalue weighted by molar-refractivity contribution is 5.81.